The summed E-state index contributed by atoms with van der Waals surface area (Å²) < 4.78 is 10.5. The van der Waals surface area contributed by atoms with E-state index in [9.17, 15) is 0 Å². The molecule has 0 unspecified atom stereocenters. The van der Waals surface area contributed by atoms with Crippen LogP contribution in [0, 0.1) is 0 Å². The van der Waals surface area contributed by atoms with Gasteiger partial charge in [0, 0.05) is 6.07 Å². The van der Waals surface area contributed by atoms with Gasteiger partial charge in [0.15, 0.2) is 5.82 Å². The van der Waals surface area contributed by atoms with Crippen LogP contribution >= 0.6 is 23.2 Å². The quantitative estimate of drug-likeness (QED) is 0.630. The van der Waals surface area contributed by atoms with Crippen LogP contribution in [0.15, 0.2) is 42.6 Å². The van der Waals surface area contributed by atoms with Crippen LogP contribution in [-0.4, -0.2) is 29.4 Å². The van der Waals surface area contributed by atoms with Gasteiger partial charge in [-0.1, -0.05) is 29.3 Å². The number of nitrogens with zero attached hydrogens (tertiary/aromatic N) is 3. The van der Waals surface area contributed by atoms with Gasteiger partial charge >= 0.3 is 0 Å². The lowest BCUT2D eigenvalue weighted by Crippen LogP contribution is -2.03. The third kappa shape index (κ3) is 4.07. The summed E-state index contributed by atoms with van der Waals surface area (Å²) in [6.45, 7) is 0. The number of methoxy groups -OCH3 is 2. The maximum atomic E-state index is 6.17. The number of halogens is 2. The molecule has 2 N–H and O–H groups in total. The molecule has 0 saturated carbocycles. The Hall–Kier alpha value is -2.77. The molecule has 0 aliphatic heterocycles. The van der Waals surface area contributed by atoms with E-state index in [0.717, 1.165) is 0 Å². The average molecular weight is 392 g/mol. The molecule has 9 heteroatoms. The van der Waals surface area contributed by atoms with Crippen LogP contribution in [0.1, 0.15) is 0 Å². The SMILES string of the molecule is COc1ccc(Nc2cnnc(Nc3cccc(Cl)c3Cl)n2)c(OC)c1. The van der Waals surface area contributed by atoms with Crippen molar-refractivity contribution >= 4 is 46.3 Å². The van der Waals surface area contributed by atoms with Crippen LogP contribution in [-0.2, 0) is 0 Å². The fraction of sp³-hybridized carbons (Fsp3) is 0.118. The van der Waals surface area contributed by atoms with E-state index >= 15 is 0 Å². The molecule has 7 nitrogen and oxygen atoms in total. The molecule has 3 rings (SSSR count). The maximum absolute atomic E-state index is 6.17. The van der Waals surface area contributed by atoms with E-state index in [2.05, 4.69) is 25.8 Å². The number of nitrogens with one attached hydrogen (secondary N) is 2. The number of hydrogen-bond donors (Lipinski definition) is 2. The van der Waals surface area contributed by atoms with Crippen molar-refractivity contribution in [2.75, 3.05) is 24.9 Å². The van der Waals surface area contributed by atoms with E-state index < -0.39 is 0 Å². The van der Waals surface area contributed by atoms with Crippen LogP contribution in [0.2, 0.25) is 10.0 Å². The summed E-state index contributed by atoms with van der Waals surface area (Å²) in [6, 6.07) is 10.6. The molecule has 0 saturated heterocycles. The standard InChI is InChI=1S/C17H15Cl2N5O2/c1-25-10-6-7-12(14(8-10)26-2)21-15-9-20-24-17(23-15)22-13-5-3-4-11(18)16(13)19/h3-9H,1-2H3,(H2,21,22,23,24). The van der Waals surface area contributed by atoms with Crippen LogP contribution in [0.25, 0.3) is 0 Å². The van der Waals surface area contributed by atoms with Crippen molar-refractivity contribution in [3.63, 3.8) is 0 Å². The summed E-state index contributed by atoms with van der Waals surface area (Å²) in [5, 5.41) is 14.8. The lowest BCUT2D eigenvalue weighted by atomic mass is 10.2. The number of ether oxygens (including phenoxy) is 2. The summed E-state index contributed by atoms with van der Waals surface area (Å²) in [4.78, 5) is 4.37. The van der Waals surface area contributed by atoms with E-state index in [4.69, 9.17) is 32.7 Å². The zero-order chi connectivity index (χ0) is 18.5. The molecule has 0 atom stereocenters. The van der Waals surface area contributed by atoms with Crippen LogP contribution < -0.4 is 20.1 Å². The van der Waals surface area contributed by atoms with Crippen molar-refractivity contribution in [2.24, 2.45) is 0 Å². The van der Waals surface area contributed by atoms with E-state index in [1.54, 1.807) is 38.5 Å². The topological polar surface area (TPSA) is 81.2 Å². The summed E-state index contributed by atoms with van der Waals surface area (Å²) >= 11 is 12.2. The fourth-order valence-corrected chi connectivity index (χ4v) is 2.53. The van der Waals surface area contributed by atoms with Crippen LogP contribution in [0.5, 0.6) is 11.5 Å². The van der Waals surface area contributed by atoms with E-state index in [0.29, 0.717) is 38.7 Å². The molecule has 3 aromatic rings. The second-order valence-electron chi connectivity index (χ2n) is 5.08. The second kappa shape index (κ2) is 8.07. The van der Waals surface area contributed by atoms with Gasteiger partial charge in [-0.2, -0.15) is 10.1 Å². The highest BCUT2D eigenvalue weighted by molar-refractivity contribution is 6.43. The van der Waals surface area contributed by atoms with Gasteiger partial charge in [0.2, 0.25) is 5.95 Å². The zero-order valence-electron chi connectivity index (χ0n) is 14.0. The minimum absolute atomic E-state index is 0.270. The number of benzene rings is 2. The lowest BCUT2D eigenvalue weighted by Gasteiger charge is -2.12. The molecule has 0 amide bonds. The molecule has 0 bridgehead atoms. The van der Waals surface area contributed by atoms with Crippen molar-refractivity contribution in [1.82, 2.24) is 15.2 Å². The van der Waals surface area contributed by atoms with Gasteiger partial charge in [-0.05, 0) is 24.3 Å². The second-order valence-corrected chi connectivity index (χ2v) is 5.87. The summed E-state index contributed by atoms with van der Waals surface area (Å²) in [5.41, 5.74) is 1.29. The monoisotopic (exact) mass is 391 g/mol. The van der Waals surface area contributed by atoms with Crippen molar-refractivity contribution in [2.45, 2.75) is 0 Å². The highest BCUT2D eigenvalue weighted by Crippen LogP contribution is 2.32. The first-order valence-electron chi connectivity index (χ1n) is 7.50. The Bertz CT molecular complexity index is 923. The molecule has 1 heterocycles. The Morgan fingerprint density at radius 1 is 0.962 bits per heavy atom. The highest BCUT2D eigenvalue weighted by Gasteiger charge is 2.09. The predicted octanol–water partition coefficient (Wildman–Crippen LogP) is 4.68. The smallest absolute Gasteiger partial charge is 0.249 e. The molecule has 0 radical (unpaired) electrons. The van der Waals surface area contributed by atoms with Crippen molar-refractivity contribution in [3.05, 3.63) is 52.6 Å². The van der Waals surface area contributed by atoms with E-state index in [-0.39, 0.29) is 5.95 Å². The van der Waals surface area contributed by atoms with Gasteiger partial charge in [-0.15, -0.1) is 5.10 Å². The molecule has 0 aliphatic rings. The molecule has 26 heavy (non-hydrogen) atoms. The first-order chi connectivity index (χ1) is 12.6. The van der Waals surface area contributed by atoms with Crippen molar-refractivity contribution in [1.29, 1.82) is 0 Å². The van der Waals surface area contributed by atoms with Crippen LogP contribution in [0.4, 0.5) is 23.1 Å². The van der Waals surface area contributed by atoms with Crippen molar-refractivity contribution < 1.29 is 9.47 Å². The molecular formula is C17H15Cl2N5O2. The normalized spacial score (nSPS) is 10.3. The highest BCUT2D eigenvalue weighted by atomic mass is 35.5. The van der Waals surface area contributed by atoms with Gasteiger partial charge in [0.05, 0.1) is 41.8 Å². The minimum atomic E-state index is 0.270. The number of rotatable bonds is 6. The van der Waals surface area contributed by atoms with Crippen molar-refractivity contribution in [3.8, 4) is 11.5 Å². The zero-order valence-corrected chi connectivity index (χ0v) is 15.5. The molecule has 0 spiro atoms. The molecule has 0 fully saturated rings. The molecule has 1 aromatic heterocycles. The Balaban J connectivity index is 1.83. The van der Waals surface area contributed by atoms with Gasteiger partial charge in [-0.25, -0.2) is 0 Å². The largest absolute Gasteiger partial charge is 0.497 e. The summed E-state index contributed by atoms with van der Waals surface area (Å²) in [6.07, 6.45) is 1.49. The Morgan fingerprint density at radius 3 is 2.58 bits per heavy atom. The fourth-order valence-electron chi connectivity index (χ4n) is 2.18. The summed E-state index contributed by atoms with van der Waals surface area (Å²) in [7, 11) is 3.17. The van der Waals surface area contributed by atoms with Gasteiger partial charge < -0.3 is 20.1 Å². The minimum Gasteiger partial charge on any atom is -0.497 e. The average Bonchev–Trinajstić information content (AvgIpc) is 2.66. The molecule has 0 aliphatic carbocycles. The third-order valence-corrected chi connectivity index (χ3v) is 4.25. The predicted molar refractivity (Wildman–Crippen MR) is 102 cm³/mol. The molecular weight excluding hydrogens is 377 g/mol. The summed E-state index contributed by atoms with van der Waals surface area (Å²) in [5.74, 6) is 2.04. The maximum Gasteiger partial charge on any atom is 0.249 e. The third-order valence-electron chi connectivity index (χ3n) is 3.43. The first-order valence-corrected chi connectivity index (χ1v) is 8.26. The van der Waals surface area contributed by atoms with Crippen LogP contribution in [0.3, 0.4) is 0 Å². The van der Waals surface area contributed by atoms with Gasteiger partial charge in [-0.3, -0.25) is 0 Å². The van der Waals surface area contributed by atoms with E-state index in [1.807, 2.05) is 12.1 Å². The Labute approximate surface area is 160 Å². The molecule has 2 aromatic carbocycles. The van der Waals surface area contributed by atoms with Gasteiger partial charge in [0.1, 0.15) is 11.5 Å². The first kappa shape index (κ1) is 18.0. The Kier molecular flexibility index (Phi) is 5.60. The lowest BCUT2D eigenvalue weighted by molar-refractivity contribution is 0.395. The van der Waals surface area contributed by atoms with Gasteiger partial charge in [0.25, 0.3) is 0 Å². The van der Waals surface area contributed by atoms with E-state index in [1.165, 1.54) is 6.20 Å². The number of hydrogen-bond acceptors (Lipinski definition) is 7. The number of aromatic nitrogens is 3. The number of anilines is 4. The Morgan fingerprint density at radius 2 is 1.81 bits per heavy atom. The molecule has 134 valence electrons.